The largest absolute Gasteiger partial charge is 0.353 e. The molecule has 122 valence electrons. The Kier molecular flexibility index (Phi) is 4.46. The molecule has 6 heteroatoms. The third-order valence-electron chi connectivity index (χ3n) is 4.71. The van der Waals surface area contributed by atoms with Crippen LogP contribution in [0.15, 0.2) is 23.2 Å². The van der Waals surface area contributed by atoms with Crippen LogP contribution in [0.25, 0.3) is 0 Å². The fourth-order valence-corrected chi connectivity index (χ4v) is 3.35. The zero-order chi connectivity index (χ0) is 16.4. The standard InChI is InChI=1S/C17H20F2N4/c1-21-17(22-14-7-2-4-10(14)9-20)23-15-8-11(15)16-12(18)5-3-6-13(16)19/h3,5-6,10-11,14-15H,2,4,7-8H2,1H3,(H2,21,22,23). The molecule has 1 aromatic rings. The number of nitriles is 1. The van der Waals surface area contributed by atoms with Crippen LogP contribution in [-0.2, 0) is 0 Å². The average Bonchev–Trinajstić information content (AvgIpc) is 3.12. The van der Waals surface area contributed by atoms with E-state index in [1.165, 1.54) is 18.2 Å². The van der Waals surface area contributed by atoms with E-state index >= 15 is 0 Å². The lowest BCUT2D eigenvalue weighted by atomic mass is 10.1. The SMILES string of the molecule is CN=C(NC1CCCC1C#N)NC1CC1c1c(F)cccc1F. The topological polar surface area (TPSA) is 60.2 Å². The fraction of sp³-hybridized carbons (Fsp3) is 0.529. The summed E-state index contributed by atoms with van der Waals surface area (Å²) < 4.78 is 27.6. The highest BCUT2D eigenvalue weighted by molar-refractivity contribution is 5.81. The van der Waals surface area contributed by atoms with E-state index in [-0.39, 0.29) is 29.5 Å². The van der Waals surface area contributed by atoms with Crippen LogP contribution in [0, 0.1) is 28.9 Å². The number of halogens is 2. The quantitative estimate of drug-likeness (QED) is 0.665. The van der Waals surface area contributed by atoms with Crippen LogP contribution in [-0.4, -0.2) is 25.1 Å². The number of nitrogens with one attached hydrogen (secondary N) is 2. The van der Waals surface area contributed by atoms with E-state index in [0.717, 1.165) is 19.3 Å². The molecule has 0 heterocycles. The van der Waals surface area contributed by atoms with E-state index in [4.69, 9.17) is 5.26 Å². The first-order valence-corrected chi connectivity index (χ1v) is 7.97. The van der Waals surface area contributed by atoms with Gasteiger partial charge in [0.15, 0.2) is 5.96 Å². The lowest BCUT2D eigenvalue weighted by Crippen LogP contribution is -2.45. The maximum absolute atomic E-state index is 13.8. The van der Waals surface area contributed by atoms with Crippen LogP contribution in [0.2, 0.25) is 0 Å². The van der Waals surface area contributed by atoms with E-state index in [1.54, 1.807) is 7.05 Å². The number of benzene rings is 1. The molecule has 0 bridgehead atoms. The number of hydrogen-bond acceptors (Lipinski definition) is 2. The van der Waals surface area contributed by atoms with Crippen LogP contribution in [0.5, 0.6) is 0 Å². The highest BCUT2D eigenvalue weighted by atomic mass is 19.1. The molecule has 3 rings (SSSR count). The monoisotopic (exact) mass is 318 g/mol. The molecular formula is C17H20F2N4. The Morgan fingerprint density at radius 2 is 1.91 bits per heavy atom. The van der Waals surface area contributed by atoms with Gasteiger partial charge in [0.25, 0.3) is 0 Å². The summed E-state index contributed by atoms with van der Waals surface area (Å²) in [5, 5.41) is 15.6. The molecule has 2 aliphatic rings. The molecule has 0 saturated heterocycles. The molecule has 4 nitrogen and oxygen atoms in total. The van der Waals surface area contributed by atoms with Gasteiger partial charge in [0.1, 0.15) is 11.6 Å². The van der Waals surface area contributed by atoms with Gasteiger partial charge in [-0.1, -0.05) is 6.07 Å². The van der Waals surface area contributed by atoms with Crippen molar-refractivity contribution < 1.29 is 8.78 Å². The van der Waals surface area contributed by atoms with Crippen LogP contribution >= 0.6 is 0 Å². The number of hydrogen-bond donors (Lipinski definition) is 2. The van der Waals surface area contributed by atoms with Gasteiger partial charge in [-0.3, -0.25) is 4.99 Å². The van der Waals surface area contributed by atoms with Crippen molar-refractivity contribution in [2.75, 3.05) is 7.05 Å². The Morgan fingerprint density at radius 3 is 2.57 bits per heavy atom. The van der Waals surface area contributed by atoms with E-state index in [9.17, 15) is 8.78 Å². The highest BCUT2D eigenvalue weighted by Crippen LogP contribution is 2.43. The van der Waals surface area contributed by atoms with Crippen molar-refractivity contribution in [3.63, 3.8) is 0 Å². The third kappa shape index (κ3) is 3.29. The van der Waals surface area contributed by atoms with Crippen molar-refractivity contribution in [3.05, 3.63) is 35.4 Å². The maximum atomic E-state index is 13.8. The third-order valence-corrected chi connectivity index (χ3v) is 4.71. The smallest absolute Gasteiger partial charge is 0.191 e. The van der Waals surface area contributed by atoms with Crippen molar-refractivity contribution >= 4 is 5.96 Å². The van der Waals surface area contributed by atoms with E-state index in [2.05, 4.69) is 21.7 Å². The molecule has 4 unspecified atom stereocenters. The Balaban J connectivity index is 1.61. The lowest BCUT2D eigenvalue weighted by molar-refractivity contribution is 0.530. The summed E-state index contributed by atoms with van der Waals surface area (Å²) in [6, 6.07) is 6.33. The molecule has 0 amide bonds. The first kappa shape index (κ1) is 15.7. The molecule has 2 fully saturated rings. The van der Waals surface area contributed by atoms with Crippen LogP contribution in [0.1, 0.15) is 37.2 Å². The summed E-state index contributed by atoms with van der Waals surface area (Å²) in [6.07, 6.45) is 3.54. The summed E-state index contributed by atoms with van der Waals surface area (Å²) in [4.78, 5) is 4.17. The van der Waals surface area contributed by atoms with Gasteiger partial charge >= 0.3 is 0 Å². The van der Waals surface area contributed by atoms with Gasteiger partial charge in [-0.25, -0.2) is 8.78 Å². The average molecular weight is 318 g/mol. The predicted molar refractivity (Wildman–Crippen MR) is 83.9 cm³/mol. The zero-order valence-electron chi connectivity index (χ0n) is 13.0. The number of aliphatic imine (C=N–C) groups is 1. The fourth-order valence-electron chi connectivity index (χ4n) is 3.35. The Bertz CT molecular complexity index is 632. The van der Waals surface area contributed by atoms with Gasteiger partial charge in [-0.05, 0) is 37.8 Å². The second kappa shape index (κ2) is 6.53. The zero-order valence-corrected chi connectivity index (χ0v) is 13.0. The summed E-state index contributed by atoms with van der Waals surface area (Å²) in [5.74, 6) is -0.579. The molecule has 23 heavy (non-hydrogen) atoms. The minimum Gasteiger partial charge on any atom is -0.353 e. The van der Waals surface area contributed by atoms with Gasteiger partial charge in [0, 0.05) is 30.6 Å². The van der Waals surface area contributed by atoms with Gasteiger partial charge in [0.2, 0.25) is 0 Å². The number of rotatable bonds is 3. The van der Waals surface area contributed by atoms with Crippen molar-refractivity contribution in [2.24, 2.45) is 10.9 Å². The molecule has 0 aromatic heterocycles. The summed E-state index contributed by atoms with van der Waals surface area (Å²) in [6.45, 7) is 0. The Morgan fingerprint density at radius 1 is 1.22 bits per heavy atom. The van der Waals surface area contributed by atoms with E-state index < -0.39 is 11.6 Å². The van der Waals surface area contributed by atoms with Crippen molar-refractivity contribution in [1.82, 2.24) is 10.6 Å². The summed E-state index contributed by atoms with van der Waals surface area (Å²) in [5.41, 5.74) is 0.149. The Labute approximate surface area is 134 Å². The lowest BCUT2D eigenvalue weighted by Gasteiger charge is -2.19. The van der Waals surface area contributed by atoms with E-state index in [1.807, 2.05) is 0 Å². The highest BCUT2D eigenvalue weighted by Gasteiger charge is 2.42. The molecule has 1 aromatic carbocycles. The predicted octanol–water partition coefficient (Wildman–Crippen LogP) is 2.68. The molecule has 0 aliphatic heterocycles. The number of guanidine groups is 1. The summed E-state index contributed by atoms with van der Waals surface area (Å²) >= 11 is 0. The summed E-state index contributed by atoms with van der Waals surface area (Å²) in [7, 11) is 1.66. The molecule has 0 spiro atoms. The minimum atomic E-state index is -0.498. The molecule has 2 N–H and O–H groups in total. The van der Waals surface area contributed by atoms with Crippen LogP contribution in [0.4, 0.5) is 8.78 Å². The maximum Gasteiger partial charge on any atom is 0.191 e. The van der Waals surface area contributed by atoms with Gasteiger partial charge in [-0.15, -0.1) is 0 Å². The van der Waals surface area contributed by atoms with Crippen molar-refractivity contribution in [2.45, 2.75) is 43.7 Å². The molecule has 0 radical (unpaired) electrons. The first-order chi connectivity index (χ1) is 11.1. The molecule has 2 saturated carbocycles. The molecule has 2 aliphatic carbocycles. The van der Waals surface area contributed by atoms with Gasteiger partial charge < -0.3 is 10.6 Å². The minimum absolute atomic E-state index is 0.00689. The van der Waals surface area contributed by atoms with E-state index in [0.29, 0.717) is 12.4 Å². The second-order valence-corrected chi connectivity index (χ2v) is 6.22. The second-order valence-electron chi connectivity index (χ2n) is 6.22. The van der Waals surface area contributed by atoms with Crippen LogP contribution < -0.4 is 10.6 Å². The molecular weight excluding hydrogens is 298 g/mol. The van der Waals surface area contributed by atoms with Crippen molar-refractivity contribution in [3.8, 4) is 6.07 Å². The van der Waals surface area contributed by atoms with Crippen LogP contribution in [0.3, 0.4) is 0 Å². The van der Waals surface area contributed by atoms with Gasteiger partial charge in [0.05, 0.1) is 12.0 Å². The normalized spacial score (nSPS) is 29.9. The first-order valence-electron chi connectivity index (χ1n) is 7.97. The van der Waals surface area contributed by atoms with Gasteiger partial charge in [-0.2, -0.15) is 5.26 Å². The Hall–Kier alpha value is -2.16. The number of nitrogens with zero attached hydrogens (tertiary/aromatic N) is 2. The molecule has 4 atom stereocenters. The van der Waals surface area contributed by atoms with Crippen molar-refractivity contribution in [1.29, 1.82) is 5.26 Å².